The Hall–Kier alpha value is -0.726. The van der Waals surface area contributed by atoms with Crippen LogP contribution in [0.15, 0.2) is 41.7 Å². The Balaban J connectivity index is 3.06. The second kappa shape index (κ2) is 7.51. The van der Waals surface area contributed by atoms with Gasteiger partial charge < -0.3 is 13.6 Å². The smallest absolute Gasteiger partial charge is 0.263 e. The summed E-state index contributed by atoms with van der Waals surface area (Å²) in [6.45, 7) is 6.27. The van der Waals surface area contributed by atoms with E-state index in [0.717, 1.165) is 0 Å². The third kappa shape index (κ3) is 4.90. The van der Waals surface area contributed by atoms with Gasteiger partial charge >= 0.3 is 0 Å². The molecular formula is C16H28N2OSi2. The molecule has 3 nitrogen and oxygen atoms in total. The summed E-state index contributed by atoms with van der Waals surface area (Å²) < 4.78 is 10.6. The van der Waals surface area contributed by atoms with E-state index in [1.807, 2.05) is 0 Å². The molecule has 0 spiro atoms. The van der Waals surface area contributed by atoms with Crippen LogP contribution in [0.5, 0.6) is 0 Å². The zero-order chi connectivity index (χ0) is 16.1. The predicted molar refractivity (Wildman–Crippen MR) is 94.9 cm³/mol. The van der Waals surface area contributed by atoms with Crippen LogP contribution in [-0.4, -0.2) is 61.1 Å². The zero-order valence-electron chi connectivity index (χ0n) is 14.3. The maximum absolute atomic E-state index is 5.85. The van der Waals surface area contributed by atoms with Crippen LogP contribution in [0.25, 0.3) is 0 Å². The Bertz CT molecular complexity index is 445. The quantitative estimate of drug-likeness (QED) is 0.745. The Morgan fingerprint density at radius 3 is 1.95 bits per heavy atom. The van der Waals surface area contributed by atoms with Crippen molar-refractivity contribution in [1.82, 2.24) is 9.13 Å². The lowest BCUT2D eigenvalue weighted by Gasteiger charge is -2.40. The Morgan fingerprint density at radius 2 is 1.52 bits per heavy atom. The molecule has 0 heterocycles. The molecule has 5 heteroatoms. The molecule has 0 atom stereocenters. The fourth-order valence-electron chi connectivity index (χ4n) is 2.36. The summed E-state index contributed by atoms with van der Waals surface area (Å²) in [5, 5.41) is 1.39. The number of benzene rings is 1. The van der Waals surface area contributed by atoms with Gasteiger partial charge in [-0.15, -0.1) is 0 Å². The number of rotatable bonds is 6. The van der Waals surface area contributed by atoms with Crippen LogP contribution in [0.3, 0.4) is 0 Å². The van der Waals surface area contributed by atoms with Crippen molar-refractivity contribution in [2.75, 3.05) is 28.2 Å². The van der Waals surface area contributed by atoms with Gasteiger partial charge in [0.15, 0.2) is 0 Å². The lowest BCUT2D eigenvalue weighted by atomic mass is 10.2. The van der Waals surface area contributed by atoms with Crippen LogP contribution in [0.4, 0.5) is 0 Å². The maximum atomic E-state index is 5.85. The van der Waals surface area contributed by atoms with Crippen molar-refractivity contribution in [3.63, 3.8) is 0 Å². The number of nitrogens with zero attached hydrogens (tertiary/aromatic N) is 2. The molecule has 0 unspecified atom stereocenters. The van der Waals surface area contributed by atoms with Crippen molar-refractivity contribution in [3.05, 3.63) is 41.7 Å². The highest BCUT2D eigenvalue weighted by molar-refractivity contribution is 6.91. The van der Waals surface area contributed by atoms with Crippen LogP contribution in [0, 0.1) is 0 Å². The molecule has 0 fully saturated rings. The summed E-state index contributed by atoms with van der Waals surface area (Å²) in [6, 6.07) is 10.8. The van der Waals surface area contributed by atoms with Crippen LogP contribution < -0.4 is 5.19 Å². The molecule has 116 valence electrons. The topological polar surface area (TPSA) is 15.7 Å². The summed E-state index contributed by atoms with van der Waals surface area (Å²) in [5.74, 6) is 0. The van der Waals surface area contributed by atoms with Crippen molar-refractivity contribution in [1.29, 1.82) is 0 Å². The van der Waals surface area contributed by atoms with E-state index in [1.165, 1.54) is 5.19 Å². The van der Waals surface area contributed by atoms with Gasteiger partial charge in [0.2, 0.25) is 0 Å². The predicted octanol–water partition coefficient (Wildman–Crippen LogP) is 1.95. The second-order valence-electron chi connectivity index (χ2n) is 6.55. The highest BCUT2D eigenvalue weighted by Crippen LogP contribution is 2.13. The summed E-state index contributed by atoms with van der Waals surface area (Å²) >= 11 is 0. The molecule has 0 saturated heterocycles. The highest BCUT2D eigenvalue weighted by Gasteiger charge is 2.38. The molecule has 0 N–H and O–H groups in total. The number of hydrogen-bond acceptors (Lipinski definition) is 3. The number of hydrogen-bond donors (Lipinski definition) is 0. The summed E-state index contributed by atoms with van der Waals surface area (Å²) in [6.07, 6.45) is 0. The summed E-state index contributed by atoms with van der Waals surface area (Å²) in [4.78, 5) is 0. The monoisotopic (exact) mass is 320 g/mol. The Morgan fingerprint density at radius 1 is 1.00 bits per heavy atom. The van der Waals surface area contributed by atoms with Gasteiger partial charge in [0.25, 0.3) is 18.2 Å². The van der Waals surface area contributed by atoms with Gasteiger partial charge in [0.1, 0.15) is 0 Å². The van der Waals surface area contributed by atoms with Crippen LogP contribution in [0.1, 0.15) is 20.8 Å². The second-order valence-corrected chi connectivity index (χ2v) is 11.5. The fraction of sp³-hybridized carbons (Fsp3) is 0.500. The molecule has 0 saturated carbocycles. The van der Waals surface area contributed by atoms with E-state index in [1.54, 1.807) is 0 Å². The summed E-state index contributed by atoms with van der Waals surface area (Å²) in [7, 11) is 7.03. The molecular weight excluding hydrogens is 292 g/mol. The van der Waals surface area contributed by atoms with Gasteiger partial charge in [-0.3, -0.25) is 0 Å². The fourth-order valence-corrected chi connectivity index (χ4v) is 7.28. The molecule has 0 aromatic heterocycles. The minimum Gasteiger partial charge on any atom is -0.407 e. The molecule has 1 rings (SSSR count). The van der Waals surface area contributed by atoms with E-state index in [4.69, 9.17) is 4.43 Å². The lowest BCUT2D eigenvalue weighted by molar-refractivity contribution is 0.141. The first-order valence-electron chi connectivity index (χ1n) is 7.22. The first-order valence-corrected chi connectivity index (χ1v) is 10.2. The first-order chi connectivity index (χ1) is 9.70. The summed E-state index contributed by atoms with van der Waals surface area (Å²) in [5.41, 5.74) is 4.48. The van der Waals surface area contributed by atoms with E-state index in [-0.39, 0.29) is 5.60 Å². The van der Waals surface area contributed by atoms with Gasteiger partial charge in [0.05, 0.1) is 0 Å². The molecule has 0 amide bonds. The van der Waals surface area contributed by atoms with Gasteiger partial charge in [0, 0.05) is 5.60 Å². The van der Waals surface area contributed by atoms with Gasteiger partial charge in [-0.05, 0) is 54.1 Å². The van der Waals surface area contributed by atoms with E-state index in [0.29, 0.717) is 9.76 Å². The molecule has 1 aromatic rings. The lowest BCUT2D eigenvalue weighted by Crippen LogP contribution is -2.67. The molecule has 0 aliphatic rings. The van der Waals surface area contributed by atoms with E-state index in [9.17, 15) is 0 Å². The first kappa shape index (κ1) is 18.3. The van der Waals surface area contributed by atoms with Crippen LogP contribution >= 0.6 is 0 Å². The Kier molecular flexibility index (Phi) is 6.55. The van der Waals surface area contributed by atoms with Crippen LogP contribution in [-0.2, 0) is 4.43 Å². The average molecular weight is 321 g/mol. The molecule has 21 heavy (non-hydrogen) atoms. The third-order valence-electron chi connectivity index (χ3n) is 3.31. The minimum atomic E-state index is -2.01. The van der Waals surface area contributed by atoms with Crippen molar-refractivity contribution in [3.8, 4) is 0 Å². The average Bonchev–Trinajstić information content (AvgIpc) is 2.38. The van der Waals surface area contributed by atoms with E-state index in [2.05, 4.69) is 99.8 Å². The van der Waals surface area contributed by atoms with Gasteiger partial charge in [-0.2, -0.15) is 0 Å². The van der Waals surface area contributed by atoms with Gasteiger partial charge in [-0.1, -0.05) is 41.7 Å². The molecule has 0 aliphatic heterocycles. The van der Waals surface area contributed by atoms with Crippen LogP contribution in [0.2, 0.25) is 0 Å². The highest BCUT2D eigenvalue weighted by atomic mass is 28.3. The van der Waals surface area contributed by atoms with E-state index >= 15 is 0 Å². The maximum Gasteiger partial charge on any atom is 0.263 e. The largest absolute Gasteiger partial charge is 0.407 e. The molecule has 0 aliphatic carbocycles. The van der Waals surface area contributed by atoms with Crippen molar-refractivity contribution in [2.45, 2.75) is 26.4 Å². The SMILES string of the molecule is CN(C)[Si](/C=C/[Si]OC(C)(C)C)(c1ccccc1)N(C)C. The zero-order valence-corrected chi connectivity index (χ0v) is 16.3. The standard InChI is InChI=1S/C16H28N2OSi2/c1-16(2,3)19-20-13-14-21(17(4)5,18(6)7)15-11-9-8-10-12-15/h8-14H,1-7H3/b14-13+. The molecule has 1 aromatic carbocycles. The minimum absolute atomic E-state index is 0.0873. The normalized spacial score (nSPS) is 13.6. The van der Waals surface area contributed by atoms with Crippen molar-refractivity contribution >= 4 is 23.3 Å². The Labute approximate surface area is 133 Å². The van der Waals surface area contributed by atoms with Crippen molar-refractivity contribution < 1.29 is 4.43 Å². The van der Waals surface area contributed by atoms with E-state index < -0.39 is 8.40 Å². The van der Waals surface area contributed by atoms with Gasteiger partial charge in [-0.25, -0.2) is 0 Å². The third-order valence-corrected chi connectivity index (χ3v) is 9.22. The molecule has 0 bridgehead atoms. The molecule has 2 radical (unpaired) electrons. The van der Waals surface area contributed by atoms with Crippen molar-refractivity contribution in [2.24, 2.45) is 0 Å².